The van der Waals surface area contributed by atoms with Crippen LogP contribution >= 0.6 is 0 Å². The summed E-state index contributed by atoms with van der Waals surface area (Å²) >= 11 is 0. The van der Waals surface area contributed by atoms with E-state index in [9.17, 15) is 17.6 Å². The smallest absolute Gasteiger partial charge is 0.243 e. The van der Waals surface area contributed by atoms with Crippen LogP contribution in [0.3, 0.4) is 0 Å². The summed E-state index contributed by atoms with van der Waals surface area (Å²) in [4.78, 5) is 12.6. The third-order valence-electron chi connectivity index (χ3n) is 4.46. The van der Waals surface area contributed by atoms with Gasteiger partial charge in [-0.15, -0.1) is 0 Å². The number of nitrogens with zero attached hydrogens (tertiary/aromatic N) is 1. The first-order chi connectivity index (χ1) is 13.9. The number of hydrogen-bond acceptors (Lipinski definition) is 3. The number of carbonyl (C=O) groups excluding carboxylic acids is 1. The number of benzene rings is 3. The average molecular weight is 412 g/mol. The van der Waals surface area contributed by atoms with Gasteiger partial charge in [-0.1, -0.05) is 60.7 Å². The summed E-state index contributed by atoms with van der Waals surface area (Å²) < 4.78 is 39.3. The fourth-order valence-corrected chi connectivity index (χ4v) is 4.06. The van der Waals surface area contributed by atoms with Crippen LogP contribution in [0, 0.1) is 5.82 Å². The summed E-state index contributed by atoms with van der Waals surface area (Å²) in [7, 11) is -2.59. The van der Waals surface area contributed by atoms with E-state index in [1.54, 1.807) is 0 Å². The maximum atomic E-state index is 13.1. The van der Waals surface area contributed by atoms with E-state index in [1.165, 1.54) is 19.2 Å². The lowest BCUT2D eigenvalue weighted by Gasteiger charge is -2.22. The molecule has 3 rings (SSSR count). The van der Waals surface area contributed by atoms with E-state index in [0.29, 0.717) is 0 Å². The summed E-state index contributed by atoms with van der Waals surface area (Å²) in [6.07, 6.45) is 0. The minimum atomic E-state index is -3.91. The molecule has 0 aliphatic carbocycles. The second-order valence-corrected chi connectivity index (χ2v) is 8.58. The molecule has 0 radical (unpaired) electrons. The number of likely N-dealkylation sites (N-methyl/N-ethyl adjacent to an activating group) is 1. The van der Waals surface area contributed by atoms with Gasteiger partial charge >= 0.3 is 0 Å². The minimum absolute atomic E-state index is 0.0723. The molecule has 3 aromatic rings. The van der Waals surface area contributed by atoms with E-state index in [0.717, 1.165) is 27.6 Å². The molecule has 0 saturated heterocycles. The molecule has 1 amide bonds. The molecule has 0 atom stereocenters. The highest BCUT2D eigenvalue weighted by atomic mass is 32.2. The molecule has 0 unspecified atom stereocenters. The van der Waals surface area contributed by atoms with Gasteiger partial charge in [-0.2, -0.15) is 4.31 Å². The van der Waals surface area contributed by atoms with Gasteiger partial charge in [-0.05, 0) is 35.4 Å². The Labute approximate surface area is 169 Å². The van der Waals surface area contributed by atoms with Crippen LogP contribution in [0.1, 0.15) is 17.2 Å². The van der Waals surface area contributed by atoms with Crippen LogP contribution < -0.4 is 5.32 Å². The Morgan fingerprint density at radius 2 is 1.38 bits per heavy atom. The van der Waals surface area contributed by atoms with Crippen molar-refractivity contribution in [1.29, 1.82) is 0 Å². The van der Waals surface area contributed by atoms with Crippen LogP contribution in [0.25, 0.3) is 0 Å². The molecule has 3 aromatic carbocycles. The van der Waals surface area contributed by atoms with Crippen molar-refractivity contribution in [3.05, 3.63) is 102 Å². The zero-order chi connectivity index (χ0) is 20.9. The third-order valence-corrected chi connectivity index (χ3v) is 6.28. The Kier molecular flexibility index (Phi) is 6.41. The van der Waals surface area contributed by atoms with E-state index in [4.69, 9.17) is 0 Å². The summed E-state index contributed by atoms with van der Waals surface area (Å²) in [6.45, 7) is -0.365. The molecule has 0 spiro atoms. The summed E-state index contributed by atoms with van der Waals surface area (Å²) in [5, 5.41) is 2.91. The van der Waals surface area contributed by atoms with Crippen molar-refractivity contribution in [3.63, 3.8) is 0 Å². The first-order valence-electron chi connectivity index (χ1n) is 8.99. The van der Waals surface area contributed by atoms with Gasteiger partial charge in [0.15, 0.2) is 0 Å². The van der Waals surface area contributed by atoms with Gasteiger partial charge in [0.1, 0.15) is 5.82 Å². The quantitative estimate of drug-likeness (QED) is 0.647. The van der Waals surface area contributed by atoms with Crippen molar-refractivity contribution in [2.45, 2.75) is 10.9 Å². The van der Waals surface area contributed by atoms with Gasteiger partial charge in [0, 0.05) is 7.05 Å². The third kappa shape index (κ3) is 5.07. The lowest BCUT2D eigenvalue weighted by molar-refractivity contribution is -0.121. The monoisotopic (exact) mass is 412 g/mol. The average Bonchev–Trinajstić information content (AvgIpc) is 2.73. The zero-order valence-electron chi connectivity index (χ0n) is 15.8. The van der Waals surface area contributed by atoms with Crippen LogP contribution in [-0.2, 0) is 14.8 Å². The van der Waals surface area contributed by atoms with E-state index >= 15 is 0 Å². The van der Waals surface area contributed by atoms with Gasteiger partial charge in [0.2, 0.25) is 15.9 Å². The SMILES string of the molecule is CN(CC(=O)NC(c1ccccc1)c1ccccc1)S(=O)(=O)c1ccc(F)cc1. The van der Waals surface area contributed by atoms with Gasteiger partial charge in [0.05, 0.1) is 17.5 Å². The lowest BCUT2D eigenvalue weighted by atomic mass is 9.99. The molecule has 0 bridgehead atoms. The molecule has 7 heteroatoms. The van der Waals surface area contributed by atoms with Gasteiger partial charge in [-0.25, -0.2) is 12.8 Å². The molecule has 29 heavy (non-hydrogen) atoms. The molecule has 0 aliphatic heterocycles. The number of sulfonamides is 1. The number of amides is 1. The molecular formula is C22H21FN2O3S. The Hall–Kier alpha value is -3.03. The molecule has 0 heterocycles. The first kappa shape index (κ1) is 20.7. The second kappa shape index (κ2) is 8.98. The maximum absolute atomic E-state index is 13.1. The van der Waals surface area contributed by atoms with Crippen molar-refractivity contribution >= 4 is 15.9 Å². The second-order valence-electron chi connectivity index (χ2n) is 6.54. The van der Waals surface area contributed by atoms with E-state index in [-0.39, 0.29) is 11.4 Å². The molecule has 0 fully saturated rings. The number of nitrogens with one attached hydrogen (secondary N) is 1. The van der Waals surface area contributed by atoms with Crippen molar-refractivity contribution < 1.29 is 17.6 Å². The van der Waals surface area contributed by atoms with Gasteiger partial charge in [-0.3, -0.25) is 4.79 Å². The van der Waals surface area contributed by atoms with Gasteiger partial charge in [0.25, 0.3) is 0 Å². The highest BCUT2D eigenvalue weighted by Gasteiger charge is 2.24. The maximum Gasteiger partial charge on any atom is 0.243 e. The molecular weight excluding hydrogens is 391 g/mol. The standard InChI is InChI=1S/C22H21FN2O3S/c1-25(29(27,28)20-14-12-19(23)13-15-20)16-21(26)24-22(17-8-4-2-5-9-17)18-10-6-3-7-11-18/h2-15,22H,16H2,1H3,(H,24,26). The first-order valence-corrected chi connectivity index (χ1v) is 10.4. The fraction of sp³-hybridized carbons (Fsp3) is 0.136. The normalized spacial score (nSPS) is 11.6. The largest absolute Gasteiger partial charge is 0.344 e. The van der Waals surface area contributed by atoms with E-state index in [1.807, 2.05) is 60.7 Å². The Morgan fingerprint density at radius 1 is 0.897 bits per heavy atom. The number of halogens is 1. The Morgan fingerprint density at radius 3 is 1.86 bits per heavy atom. The molecule has 0 saturated carbocycles. The van der Waals surface area contributed by atoms with Crippen LogP contribution in [0.4, 0.5) is 4.39 Å². The summed E-state index contributed by atoms with van der Waals surface area (Å²) in [5.74, 6) is -0.978. The molecule has 150 valence electrons. The fourth-order valence-electron chi connectivity index (χ4n) is 2.93. The van der Waals surface area contributed by atoms with E-state index < -0.39 is 27.8 Å². The van der Waals surface area contributed by atoms with Crippen molar-refractivity contribution in [1.82, 2.24) is 9.62 Å². The van der Waals surface area contributed by atoms with Crippen LogP contribution in [0.15, 0.2) is 89.8 Å². The molecule has 0 aromatic heterocycles. The molecule has 5 nitrogen and oxygen atoms in total. The van der Waals surface area contributed by atoms with Crippen LogP contribution in [0.2, 0.25) is 0 Å². The summed E-state index contributed by atoms with van der Waals surface area (Å²) in [5.41, 5.74) is 1.77. The highest BCUT2D eigenvalue weighted by Crippen LogP contribution is 2.22. The minimum Gasteiger partial charge on any atom is -0.344 e. The highest BCUT2D eigenvalue weighted by molar-refractivity contribution is 7.89. The Balaban J connectivity index is 1.77. The van der Waals surface area contributed by atoms with Crippen molar-refractivity contribution in [2.24, 2.45) is 0 Å². The Bertz CT molecular complexity index is 1020. The number of carbonyl (C=O) groups is 1. The van der Waals surface area contributed by atoms with Crippen LogP contribution in [0.5, 0.6) is 0 Å². The summed E-state index contributed by atoms with van der Waals surface area (Å²) in [6, 6.07) is 23.0. The van der Waals surface area contributed by atoms with Crippen molar-refractivity contribution in [2.75, 3.05) is 13.6 Å². The predicted molar refractivity (Wildman–Crippen MR) is 109 cm³/mol. The number of rotatable bonds is 7. The molecule has 1 N–H and O–H groups in total. The van der Waals surface area contributed by atoms with Gasteiger partial charge < -0.3 is 5.32 Å². The molecule has 0 aliphatic rings. The number of hydrogen-bond donors (Lipinski definition) is 1. The van der Waals surface area contributed by atoms with E-state index in [2.05, 4.69) is 5.32 Å². The van der Waals surface area contributed by atoms with Crippen LogP contribution in [-0.4, -0.2) is 32.2 Å². The topological polar surface area (TPSA) is 66.5 Å². The zero-order valence-corrected chi connectivity index (χ0v) is 16.6. The lowest BCUT2D eigenvalue weighted by Crippen LogP contribution is -2.40. The predicted octanol–water partition coefficient (Wildman–Crippen LogP) is 3.35. The van der Waals surface area contributed by atoms with Crippen molar-refractivity contribution in [3.8, 4) is 0 Å².